The molecular formula is C23H30N4O5. The molecule has 2 saturated heterocycles. The van der Waals surface area contributed by atoms with E-state index in [-0.39, 0.29) is 17.7 Å². The number of hydrogen-bond acceptors (Lipinski definition) is 5. The van der Waals surface area contributed by atoms with Crippen LogP contribution >= 0.6 is 0 Å². The molecule has 1 aromatic rings. The molecule has 3 fully saturated rings. The molecule has 0 bridgehead atoms. The van der Waals surface area contributed by atoms with Gasteiger partial charge in [-0.15, -0.1) is 0 Å². The molecule has 0 unspecified atom stereocenters. The number of likely N-dealkylation sites (N-methyl/N-ethyl adjacent to an activating group) is 1. The lowest BCUT2D eigenvalue weighted by Crippen LogP contribution is -2.59. The van der Waals surface area contributed by atoms with E-state index in [2.05, 4.69) is 10.6 Å². The molecule has 1 aliphatic carbocycles. The number of carbonyl (C=O) groups excluding carboxylic acids is 4. The third kappa shape index (κ3) is 3.80. The third-order valence-corrected chi connectivity index (χ3v) is 7.30. The fraction of sp³-hybridized carbons (Fsp3) is 0.565. The van der Waals surface area contributed by atoms with Crippen molar-refractivity contribution < 1.29 is 23.9 Å². The highest BCUT2D eigenvalue weighted by Crippen LogP contribution is 2.44. The molecular weight excluding hydrogens is 412 g/mol. The number of anilines is 1. The Morgan fingerprint density at radius 2 is 1.75 bits per heavy atom. The number of hydrogen-bond donors (Lipinski definition) is 2. The van der Waals surface area contributed by atoms with E-state index in [9.17, 15) is 19.2 Å². The van der Waals surface area contributed by atoms with Gasteiger partial charge < -0.3 is 19.9 Å². The molecule has 1 saturated carbocycles. The van der Waals surface area contributed by atoms with Crippen molar-refractivity contribution in [2.45, 2.75) is 43.7 Å². The molecule has 9 heteroatoms. The van der Waals surface area contributed by atoms with E-state index in [1.807, 2.05) is 11.0 Å². The zero-order chi connectivity index (χ0) is 22.9. The summed E-state index contributed by atoms with van der Waals surface area (Å²) in [4.78, 5) is 54.7. The first-order valence-corrected chi connectivity index (χ1v) is 11.2. The largest absolute Gasteiger partial charge is 0.435 e. The summed E-state index contributed by atoms with van der Waals surface area (Å²) in [6.45, 7) is 0.951. The van der Waals surface area contributed by atoms with Crippen LogP contribution in [0.25, 0.3) is 0 Å². The van der Waals surface area contributed by atoms with Gasteiger partial charge in [-0.25, -0.2) is 4.79 Å². The SMILES string of the molecule is CNC(=O)[C@@H]1[C@@H](OC(=O)Nc2ccccc2)C(=O)N(C)C12CCN(C(=O)C1CCC1)CC2. The predicted octanol–water partition coefficient (Wildman–Crippen LogP) is 1.60. The molecule has 1 spiro atoms. The fourth-order valence-corrected chi connectivity index (χ4v) is 5.16. The summed E-state index contributed by atoms with van der Waals surface area (Å²) in [5, 5.41) is 5.24. The molecule has 1 aromatic carbocycles. The van der Waals surface area contributed by atoms with Crippen LogP contribution in [0.5, 0.6) is 0 Å². The predicted molar refractivity (Wildman–Crippen MR) is 117 cm³/mol. The standard InChI is InChI=1S/C23H30N4O5/c1-24-19(28)17-18(32-22(31)25-16-9-4-3-5-10-16)21(30)26(2)23(17)11-13-27(14-12-23)20(29)15-7-6-8-15/h3-5,9-10,15,17-18H,6-8,11-14H2,1-2H3,(H,24,28)(H,25,31)/t17-,18+/m0/s1. The molecule has 4 amide bonds. The topological polar surface area (TPSA) is 108 Å². The number of amides is 4. The lowest BCUT2D eigenvalue weighted by atomic mass is 9.75. The Morgan fingerprint density at radius 3 is 2.31 bits per heavy atom. The normalized spacial score (nSPS) is 24.8. The average Bonchev–Trinajstić information content (AvgIpc) is 2.95. The summed E-state index contributed by atoms with van der Waals surface area (Å²) in [6.07, 6.45) is 1.88. The second-order valence-corrected chi connectivity index (χ2v) is 8.86. The van der Waals surface area contributed by atoms with E-state index in [1.165, 1.54) is 7.05 Å². The van der Waals surface area contributed by atoms with Crippen molar-refractivity contribution in [3.05, 3.63) is 30.3 Å². The van der Waals surface area contributed by atoms with E-state index < -0.39 is 29.6 Å². The van der Waals surface area contributed by atoms with Crippen LogP contribution in [0.2, 0.25) is 0 Å². The van der Waals surface area contributed by atoms with Crippen LogP contribution in [0.15, 0.2) is 30.3 Å². The van der Waals surface area contributed by atoms with Crippen LogP contribution in [-0.4, -0.2) is 72.4 Å². The van der Waals surface area contributed by atoms with Crippen molar-refractivity contribution in [2.75, 3.05) is 32.5 Å². The highest BCUT2D eigenvalue weighted by Gasteiger charge is 2.62. The van der Waals surface area contributed by atoms with Crippen LogP contribution in [-0.2, 0) is 19.1 Å². The molecule has 0 radical (unpaired) electrons. The van der Waals surface area contributed by atoms with Crippen LogP contribution < -0.4 is 10.6 Å². The number of benzene rings is 1. The van der Waals surface area contributed by atoms with Gasteiger partial charge in [0.1, 0.15) is 5.92 Å². The van der Waals surface area contributed by atoms with Gasteiger partial charge in [-0.1, -0.05) is 24.6 Å². The quantitative estimate of drug-likeness (QED) is 0.736. The maximum Gasteiger partial charge on any atom is 0.412 e. The average molecular weight is 443 g/mol. The summed E-state index contributed by atoms with van der Waals surface area (Å²) in [5.41, 5.74) is -0.268. The van der Waals surface area contributed by atoms with Gasteiger partial charge in [0.2, 0.25) is 11.8 Å². The molecule has 2 heterocycles. The number of para-hydroxylation sites is 1. The first kappa shape index (κ1) is 22.1. The van der Waals surface area contributed by atoms with Crippen LogP contribution in [0.4, 0.5) is 10.5 Å². The minimum Gasteiger partial charge on any atom is -0.435 e. The Bertz CT molecular complexity index is 893. The number of nitrogens with one attached hydrogen (secondary N) is 2. The zero-order valence-corrected chi connectivity index (χ0v) is 18.5. The minimum absolute atomic E-state index is 0.111. The van der Waals surface area contributed by atoms with Gasteiger partial charge in [-0.2, -0.15) is 0 Å². The lowest BCUT2D eigenvalue weighted by Gasteiger charge is -2.46. The number of carbonyl (C=O) groups is 4. The van der Waals surface area contributed by atoms with Gasteiger partial charge in [-0.3, -0.25) is 19.7 Å². The van der Waals surface area contributed by atoms with Gasteiger partial charge in [0.15, 0.2) is 6.10 Å². The number of rotatable bonds is 4. The van der Waals surface area contributed by atoms with Gasteiger partial charge in [0.05, 0.1) is 5.54 Å². The Balaban J connectivity index is 1.51. The van der Waals surface area contributed by atoms with Crippen molar-refractivity contribution >= 4 is 29.5 Å². The van der Waals surface area contributed by atoms with Gasteiger partial charge >= 0.3 is 6.09 Å². The number of likely N-dealkylation sites (tertiary alicyclic amines) is 2. The van der Waals surface area contributed by atoms with E-state index in [1.54, 1.807) is 36.2 Å². The zero-order valence-electron chi connectivity index (χ0n) is 18.5. The third-order valence-electron chi connectivity index (χ3n) is 7.30. The Kier molecular flexibility index (Phi) is 6.08. The van der Waals surface area contributed by atoms with E-state index >= 15 is 0 Å². The Morgan fingerprint density at radius 1 is 1.09 bits per heavy atom. The smallest absolute Gasteiger partial charge is 0.412 e. The van der Waals surface area contributed by atoms with Crippen molar-refractivity contribution in [3.8, 4) is 0 Å². The highest BCUT2D eigenvalue weighted by atomic mass is 16.6. The van der Waals surface area contributed by atoms with Gasteiger partial charge in [0.25, 0.3) is 5.91 Å². The van der Waals surface area contributed by atoms with Crippen molar-refractivity contribution in [1.29, 1.82) is 0 Å². The van der Waals surface area contributed by atoms with Gasteiger partial charge in [0, 0.05) is 38.8 Å². The lowest BCUT2D eigenvalue weighted by molar-refractivity contribution is -0.142. The maximum atomic E-state index is 13.1. The van der Waals surface area contributed by atoms with Crippen LogP contribution in [0, 0.1) is 11.8 Å². The summed E-state index contributed by atoms with van der Waals surface area (Å²) < 4.78 is 5.52. The minimum atomic E-state index is -1.22. The van der Waals surface area contributed by atoms with Crippen LogP contribution in [0.3, 0.4) is 0 Å². The number of piperidine rings is 1. The molecule has 0 aromatic heterocycles. The Hall–Kier alpha value is -3.10. The molecule has 2 aliphatic heterocycles. The second-order valence-electron chi connectivity index (χ2n) is 8.86. The van der Waals surface area contributed by atoms with E-state index in [0.29, 0.717) is 31.6 Å². The summed E-state index contributed by atoms with van der Waals surface area (Å²) in [5.74, 6) is -1.32. The van der Waals surface area contributed by atoms with Crippen molar-refractivity contribution in [3.63, 3.8) is 0 Å². The number of nitrogens with zero attached hydrogens (tertiary/aromatic N) is 2. The van der Waals surface area contributed by atoms with Crippen molar-refractivity contribution in [2.24, 2.45) is 11.8 Å². The van der Waals surface area contributed by atoms with Crippen LogP contribution in [0.1, 0.15) is 32.1 Å². The summed E-state index contributed by atoms with van der Waals surface area (Å²) in [7, 11) is 3.16. The second kappa shape index (κ2) is 8.80. The summed E-state index contributed by atoms with van der Waals surface area (Å²) in [6, 6.07) is 8.77. The molecule has 172 valence electrons. The first-order chi connectivity index (χ1) is 15.4. The molecule has 4 rings (SSSR count). The molecule has 3 aliphatic rings. The maximum absolute atomic E-state index is 13.1. The Labute approximate surface area is 187 Å². The number of ether oxygens (including phenoxy) is 1. The van der Waals surface area contributed by atoms with E-state index in [0.717, 1.165) is 19.3 Å². The molecule has 2 atom stereocenters. The van der Waals surface area contributed by atoms with Gasteiger partial charge in [-0.05, 0) is 37.8 Å². The van der Waals surface area contributed by atoms with Crippen molar-refractivity contribution in [1.82, 2.24) is 15.1 Å². The fourth-order valence-electron chi connectivity index (χ4n) is 5.16. The first-order valence-electron chi connectivity index (χ1n) is 11.2. The molecule has 9 nitrogen and oxygen atoms in total. The molecule has 2 N–H and O–H groups in total. The summed E-state index contributed by atoms with van der Waals surface area (Å²) >= 11 is 0. The highest BCUT2D eigenvalue weighted by molar-refractivity contribution is 5.97. The molecule has 32 heavy (non-hydrogen) atoms. The van der Waals surface area contributed by atoms with E-state index in [4.69, 9.17) is 4.74 Å². The monoisotopic (exact) mass is 442 g/mol.